The molecule has 2 rings (SSSR count). The largest absolute Gasteiger partial charge is 0.398 e. The molecule has 0 bridgehead atoms. The van der Waals surface area contributed by atoms with E-state index < -0.39 is 9.84 Å². The summed E-state index contributed by atoms with van der Waals surface area (Å²) in [5.41, 5.74) is 7.72. The molecule has 0 fully saturated rings. The molecule has 0 aliphatic rings. The summed E-state index contributed by atoms with van der Waals surface area (Å²) >= 11 is 4.77. The average Bonchev–Trinajstić information content (AvgIpc) is 2.44. The highest BCUT2D eigenvalue weighted by Crippen LogP contribution is 2.28. The maximum Gasteiger partial charge on any atom is 0.179 e. The van der Waals surface area contributed by atoms with Gasteiger partial charge in [0.2, 0.25) is 0 Å². The third-order valence-corrected chi connectivity index (χ3v) is 6.66. The Kier molecular flexibility index (Phi) is 5.35. The van der Waals surface area contributed by atoms with Crippen molar-refractivity contribution in [2.24, 2.45) is 0 Å². The van der Waals surface area contributed by atoms with Crippen molar-refractivity contribution in [1.82, 2.24) is 0 Å². The Labute approximate surface area is 138 Å². The molecule has 0 atom stereocenters. The fourth-order valence-corrected chi connectivity index (χ4v) is 4.77. The molecule has 0 unspecified atom stereocenters. The maximum absolute atomic E-state index is 12.2. The number of halogens is 1. The van der Waals surface area contributed by atoms with Gasteiger partial charge in [-0.15, -0.1) is 11.8 Å². The Balaban J connectivity index is 2.02. The van der Waals surface area contributed by atoms with Crippen molar-refractivity contribution in [2.75, 3.05) is 17.2 Å². The summed E-state index contributed by atoms with van der Waals surface area (Å²) in [4.78, 5) is 1.28. The second-order valence-electron chi connectivity index (χ2n) is 4.61. The van der Waals surface area contributed by atoms with Crippen LogP contribution in [0.25, 0.3) is 0 Å². The number of hydrogen-bond acceptors (Lipinski definition) is 4. The summed E-state index contributed by atoms with van der Waals surface area (Å²) in [6.07, 6.45) is 0. The Bertz CT molecular complexity index is 728. The summed E-state index contributed by atoms with van der Waals surface area (Å²) in [5, 5.41) is 0. The van der Waals surface area contributed by atoms with E-state index in [9.17, 15) is 8.42 Å². The molecule has 3 nitrogen and oxygen atoms in total. The summed E-state index contributed by atoms with van der Waals surface area (Å²) in [6.45, 7) is 1.94. The number of nitrogen functional groups attached to an aromatic ring is 1. The molecule has 0 aliphatic carbocycles. The predicted octanol–water partition coefficient (Wildman–Crippen LogP) is 3.91. The minimum absolute atomic E-state index is 0.0900. The normalized spacial score (nSPS) is 11.5. The van der Waals surface area contributed by atoms with Gasteiger partial charge >= 0.3 is 0 Å². The second kappa shape index (κ2) is 6.85. The van der Waals surface area contributed by atoms with Crippen LogP contribution in [-0.2, 0) is 9.84 Å². The van der Waals surface area contributed by atoms with E-state index in [0.717, 1.165) is 20.6 Å². The lowest BCUT2D eigenvalue weighted by Crippen LogP contribution is -2.09. The molecule has 0 saturated carbocycles. The first-order valence-electron chi connectivity index (χ1n) is 6.36. The van der Waals surface area contributed by atoms with Crippen LogP contribution < -0.4 is 5.73 Å². The predicted molar refractivity (Wildman–Crippen MR) is 92.5 cm³/mol. The van der Waals surface area contributed by atoms with Gasteiger partial charge in [-0.3, -0.25) is 0 Å². The number of hydrogen-bond donors (Lipinski definition) is 1. The van der Waals surface area contributed by atoms with Gasteiger partial charge in [-0.25, -0.2) is 8.42 Å². The van der Waals surface area contributed by atoms with Crippen LogP contribution >= 0.6 is 27.7 Å². The van der Waals surface area contributed by atoms with Crippen LogP contribution in [0.1, 0.15) is 5.56 Å². The molecule has 0 radical (unpaired) electrons. The van der Waals surface area contributed by atoms with Gasteiger partial charge in [0.15, 0.2) is 9.84 Å². The molecule has 0 heterocycles. The second-order valence-corrected chi connectivity index (χ2v) is 8.77. The number of anilines is 1. The van der Waals surface area contributed by atoms with Crippen LogP contribution in [0, 0.1) is 6.92 Å². The molecule has 112 valence electrons. The van der Waals surface area contributed by atoms with E-state index in [1.54, 1.807) is 24.3 Å². The Morgan fingerprint density at radius 2 is 1.81 bits per heavy atom. The molecule has 6 heteroatoms. The fourth-order valence-electron chi connectivity index (χ4n) is 1.80. The lowest BCUT2D eigenvalue weighted by atomic mass is 10.2. The first-order chi connectivity index (χ1) is 9.90. The van der Waals surface area contributed by atoms with Crippen LogP contribution in [0.5, 0.6) is 0 Å². The highest BCUT2D eigenvalue weighted by atomic mass is 79.9. The number of sulfone groups is 1. The van der Waals surface area contributed by atoms with Gasteiger partial charge in [-0.05, 0) is 42.8 Å². The van der Waals surface area contributed by atoms with Crippen LogP contribution in [-0.4, -0.2) is 19.9 Å². The molecule has 0 saturated heterocycles. The number of benzene rings is 2. The Morgan fingerprint density at radius 3 is 2.48 bits per heavy atom. The summed E-state index contributed by atoms with van der Waals surface area (Å²) in [6, 6.07) is 12.5. The van der Waals surface area contributed by atoms with E-state index in [1.165, 1.54) is 11.8 Å². The minimum atomic E-state index is -3.25. The van der Waals surface area contributed by atoms with Crippen molar-refractivity contribution in [3.05, 3.63) is 52.5 Å². The highest BCUT2D eigenvalue weighted by molar-refractivity contribution is 9.10. The Hall–Kier alpha value is -0.980. The third-order valence-electron chi connectivity index (χ3n) is 3.07. The van der Waals surface area contributed by atoms with Crippen molar-refractivity contribution >= 4 is 43.2 Å². The lowest BCUT2D eigenvalue weighted by molar-refractivity contribution is 0.597. The van der Waals surface area contributed by atoms with E-state index in [0.29, 0.717) is 10.6 Å². The maximum atomic E-state index is 12.2. The molecule has 0 amide bonds. The SMILES string of the molecule is Cc1cccc(SCCS(=O)(=O)c2ccc(Br)cc2)c1N. The number of aryl methyl sites for hydroxylation is 1. The monoisotopic (exact) mass is 385 g/mol. The highest BCUT2D eigenvalue weighted by Gasteiger charge is 2.14. The quantitative estimate of drug-likeness (QED) is 0.625. The first-order valence-corrected chi connectivity index (χ1v) is 9.79. The molecule has 0 aromatic heterocycles. The smallest absolute Gasteiger partial charge is 0.179 e. The molecule has 2 aromatic rings. The van der Waals surface area contributed by atoms with Crippen LogP contribution in [0.4, 0.5) is 5.69 Å². The van der Waals surface area contributed by atoms with Crippen molar-refractivity contribution in [2.45, 2.75) is 16.7 Å². The molecular formula is C15H16BrNO2S2. The number of rotatable bonds is 5. The fraction of sp³-hybridized carbons (Fsp3) is 0.200. The topological polar surface area (TPSA) is 60.2 Å². The van der Waals surface area contributed by atoms with Gasteiger partial charge in [-0.2, -0.15) is 0 Å². The summed E-state index contributed by atoms with van der Waals surface area (Å²) in [5.74, 6) is 0.568. The first kappa shape index (κ1) is 16.4. The zero-order valence-corrected chi connectivity index (χ0v) is 14.8. The number of thioether (sulfide) groups is 1. The van der Waals surface area contributed by atoms with E-state index in [-0.39, 0.29) is 5.75 Å². The third kappa shape index (κ3) is 4.25. The van der Waals surface area contributed by atoms with Gasteiger partial charge in [0.1, 0.15) is 0 Å². The van der Waals surface area contributed by atoms with Crippen LogP contribution in [0.2, 0.25) is 0 Å². The van der Waals surface area contributed by atoms with Crippen molar-refractivity contribution in [3.63, 3.8) is 0 Å². The Morgan fingerprint density at radius 1 is 1.14 bits per heavy atom. The number of para-hydroxylation sites is 1. The standard InChI is InChI=1S/C15H16BrNO2S2/c1-11-3-2-4-14(15(11)17)20-9-10-21(18,19)13-7-5-12(16)6-8-13/h2-8H,9-10,17H2,1H3. The zero-order valence-electron chi connectivity index (χ0n) is 11.5. The van der Waals surface area contributed by atoms with Gasteiger partial charge in [0.05, 0.1) is 10.6 Å². The molecule has 21 heavy (non-hydrogen) atoms. The van der Waals surface area contributed by atoms with Crippen LogP contribution in [0.15, 0.2) is 56.7 Å². The molecule has 0 aliphatic heterocycles. The van der Waals surface area contributed by atoms with Crippen molar-refractivity contribution in [3.8, 4) is 0 Å². The van der Waals surface area contributed by atoms with E-state index in [2.05, 4.69) is 15.9 Å². The van der Waals surface area contributed by atoms with Gasteiger partial charge < -0.3 is 5.73 Å². The lowest BCUT2D eigenvalue weighted by Gasteiger charge is -2.08. The summed E-state index contributed by atoms with van der Waals surface area (Å²) in [7, 11) is -3.25. The van der Waals surface area contributed by atoms with Crippen molar-refractivity contribution in [1.29, 1.82) is 0 Å². The number of nitrogens with two attached hydrogens (primary N) is 1. The van der Waals surface area contributed by atoms with Crippen molar-refractivity contribution < 1.29 is 8.42 Å². The van der Waals surface area contributed by atoms with Gasteiger partial charge in [0.25, 0.3) is 0 Å². The molecule has 2 aromatic carbocycles. The van der Waals surface area contributed by atoms with E-state index in [1.807, 2.05) is 25.1 Å². The molecule has 2 N–H and O–H groups in total. The van der Waals surface area contributed by atoms with Gasteiger partial charge in [-0.1, -0.05) is 28.1 Å². The molecular weight excluding hydrogens is 370 g/mol. The average molecular weight is 386 g/mol. The summed E-state index contributed by atoms with van der Waals surface area (Å²) < 4.78 is 25.3. The van der Waals surface area contributed by atoms with E-state index in [4.69, 9.17) is 5.73 Å². The van der Waals surface area contributed by atoms with Gasteiger partial charge in [0, 0.05) is 20.8 Å². The van der Waals surface area contributed by atoms with Crippen LogP contribution in [0.3, 0.4) is 0 Å². The zero-order chi connectivity index (χ0) is 15.5. The van der Waals surface area contributed by atoms with E-state index >= 15 is 0 Å². The minimum Gasteiger partial charge on any atom is -0.398 e. The molecule has 0 spiro atoms.